The first-order valence-electron chi connectivity index (χ1n) is 5.79. The van der Waals surface area contributed by atoms with Crippen LogP contribution in [0.5, 0.6) is 0 Å². The van der Waals surface area contributed by atoms with Gasteiger partial charge in [0.15, 0.2) is 9.84 Å². The van der Waals surface area contributed by atoms with Crippen LogP contribution in [0, 0.1) is 0 Å². The second-order valence-corrected chi connectivity index (χ2v) is 6.42. The van der Waals surface area contributed by atoms with E-state index in [-0.39, 0.29) is 22.4 Å². The Morgan fingerprint density at radius 1 is 1.39 bits per heavy atom. The molecule has 1 aliphatic rings. The van der Waals surface area contributed by atoms with E-state index in [1.54, 1.807) is 12.1 Å². The average Bonchev–Trinajstić information content (AvgIpc) is 2.80. The van der Waals surface area contributed by atoms with Crippen LogP contribution in [-0.2, 0) is 9.84 Å². The minimum absolute atomic E-state index is 0.0742. The normalized spacial score (nSPS) is 19.7. The molecule has 0 radical (unpaired) electrons. The summed E-state index contributed by atoms with van der Waals surface area (Å²) in [5, 5.41) is 5.98. The van der Waals surface area contributed by atoms with E-state index in [2.05, 4.69) is 10.6 Å². The second kappa shape index (κ2) is 5.07. The highest BCUT2D eigenvalue weighted by Crippen LogP contribution is 2.15. The third-order valence-electron chi connectivity index (χ3n) is 2.93. The van der Waals surface area contributed by atoms with Gasteiger partial charge in [-0.2, -0.15) is 0 Å². The molecule has 0 saturated carbocycles. The highest BCUT2D eigenvalue weighted by molar-refractivity contribution is 7.90. The van der Waals surface area contributed by atoms with Gasteiger partial charge in [-0.15, -0.1) is 0 Å². The van der Waals surface area contributed by atoms with E-state index in [9.17, 15) is 13.2 Å². The zero-order valence-corrected chi connectivity index (χ0v) is 11.0. The summed E-state index contributed by atoms with van der Waals surface area (Å²) in [7, 11) is -3.39. The molecule has 1 saturated heterocycles. The Hall–Kier alpha value is -1.40. The van der Waals surface area contributed by atoms with Crippen molar-refractivity contribution in [2.24, 2.45) is 0 Å². The van der Waals surface area contributed by atoms with Gasteiger partial charge in [0.25, 0.3) is 5.91 Å². The van der Waals surface area contributed by atoms with Gasteiger partial charge in [0, 0.05) is 18.8 Å². The molecule has 0 aliphatic carbocycles. The Morgan fingerprint density at radius 2 is 2.11 bits per heavy atom. The molecule has 1 fully saturated rings. The van der Waals surface area contributed by atoms with Crippen LogP contribution < -0.4 is 10.6 Å². The van der Waals surface area contributed by atoms with Crippen LogP contribution in [0.4, 0.5) is 0 Å². The molecule has 6 heteroatoms. The molecule has 5 nitrogen and oxygen atoms in total. The predicted octanol–water partition coefficient (Wildman–Crippen LogP) is 0.182. The molecule has 98 valence electrons. The summed E-state index contributed by atoms with van der Waals surface area (Å²) in [4.78, 5) is 12.1. The minimum atomic E-state index is -3.39. The Labute approximate surface area is 107 Å². The van der Waals surface area contributed by atoms with Crippen LogP contribution >= 0.6 is 0 Å². The third-order valence-corrected chi connectivity index (χ3v) is 4.08. The number of carbonyl (C=O) groups excluding carboxylic acids is 1. The average molecular weight is 268 g/mol. The smallest absolute Gasteiger partial charge is 0.252 e. The monoisotopic (exact) mass is 268 g/mol. The van der Waals surface area contributed by atoms with Crippen LogP contribution in [-0.4, -0.2) is 39.7 Å². The molecule has 1 unspecified atom stereocenters. The zero-order chi connectivity index (χ0) is 13.2. The van der Waals surface area contributed by atoms with Crippen molar-refractivity contribution in [2.45, 2.75) is 17.4 Å². The fraction of sp³-hybridized carbons (Fsp3) is 0.417. The summed E-state index contributed by atoms with van der Waals surface area (Å²) >= 11 is 0. The van der Waals surface area contributed by atoms with Crippen LogP contribution in [0.2, 0.25) is 0 Å². The van der Waals surface area contributed by atoms with Crippen molar-refractivity contribution in [1.29, 1.82) is 0 Å². The van der Waals surface area contributed by atoms with Gasteiger partial charge in [0.05, 0.1) is 10.5 Å². The Bertz CT molecular complexity index is 548. The fourth-order valence-corrected chi connectivity index (χ4v) is 2.90. The predicted molar refractivity (Wildman–Crippen MR) is 68.3 cm³/mol. The molecular weight excluding hydrogens is 252 g/mol. The standard InChI is InChI=1S/C12H16N2O3S/c1-18(16,17)11-5-3-2-4-10(11)12(15)14-9-6-7-13-8-9/h2-5,9,13H,6-8H2,1H3,(H,14,15). The summed E-state index contributed by atoms with van der Waals surface area (Å²) in [6.45, 7) is 1.60. The molecule has 2 N–H and O–H groups in total. The van der Waals surface area contributed by atoms with Crippen molar-refractivity contribution in [3.63, 3.8) is 0 Å². The number of hydrogen-bond donors (Lipinski definition) is 2. The molecule has 1 aromatic carbocycles. The van der Waals surface area contributed by atoms with E-state index in [0.717, 1.165) is 25.8 Å². The van der Waals surface area contributed by atoms with Gasteiger partial charge in [-0.25, -0.2) is 8.42 Å². The van der Waals surface area contributed by atoms with Gasteiger partial charge >= 0.3 is 0 Å². The molecular formula is C12H16N2O3S. The van der Waals surface area contributed by atoms with Crippen LogP contribution in [0.1, 0.15) is 16.8 Å². The highest BCUT2D eigenvalue weighted by atomic mass is 32.2. The zero-order valence-electron chi connectivity index (χ0n) is 10.1. The quantitative estimate of drug-likeness (QED) is 0.820. The van der Waals surface area contributed by atoms with Crippen LogP contribution in [0.3, 0.4) is 0 Å². The van der Waals surface area contributed by atoms with Crippen LogP contribution in [0.25, 0.3) is 0 Å². The van der Waals surface area contributed by atoms with Gasteiger partial charge in [0.2, 0.25) is 0 Å². The van der Waals surface area contributed by atoms with E-state index >= 15 is 0 Å². The van der Waals surface area contributed by atoms with Gasteiger partial charge in [-0.05, 0) is 25.1 Å². The van der Waals surface area contributed by atoms with Gasteiger partial charge in [0.1, 0.15) is 0 Å². The first-order chi connectivity index (χ1) is 8.48. The van der Waals surface area contributed by atoms with E-state index < -0.39 is 9.84 Å². The lowest BCUT2D eigenvalue weighted by atomic mass is 10.2. The first kappa shape index (κ1) is 13.0. The number of carbonyl (C=O) groups is 1. The summed E-state index contributed by atoms with van der Waals surface area (Å²) in [6, 6.07) is 6.34. The summed E-state index contributed by atoms with van der Waals surface area (Å²) < 4.78 is 23.2. The summed E-state index contributed by atoms with van der Waals surface area (Å²) in [5.74, 6) is -0.329. The molecule has 0 aromatic heterocycles. The lowest BCUT2D eigenvalue weighted by Gasteiger charge is -2.13. The van der Waals surface area contributed by atoms with Crippen LogP contribution in [0.15, 0.2) is 29.2 Å². The summed E-state index contributed by atoms with van der Waals surface area (Å²) in [6.07, 6.45) is 1.98. The number of nitrogens with one attached hydrogen (secondary N) is 2. The van der Waals surface area contributed by atoms with Crippen molar-refractivity contribution in [3.8, 4) is 0 Å². The van der Waals surface area contributed by atoms with Crippen molar-refractivity contribution in [3.05, 3.63) is 29.8 Å². The van der Waals surface area contributed by atoms with Crippen molar-refractivity contribution < 1.29 is 13.2 Å². The number of rotatable bonds is 3. The van der Waals surface area contributed by atoms with Gasteiger partial charge in [-0.3, -0.25) is 4.79 Å². The fourth-order valence-electron chi connectivity index (χ4n) is 2.02. The molecule has 0 spiro atoms. The number of hydrogen-bond acceptors (Lipinski definition) is 4. The summed E-state index contributed by atoms with van der Waals surface area (Å²) in [5.41, 5.74) is 0.215. The maximum Gasteiger partial charge on any atom is 0.252 e. The number of sulfone groups is 1. The Kier molecular flexibility index (Phi) is 3.68. The first-order valence-corrected chi connectivity index (χ1v) is 7.68. The SMILES string of the molecule is CS(=O)(=O)c1ccccc1C(=O)NC1CCNC1. The largest absolute Gasteiger partial charge is 0.348 e. The van der Waals surface area contributed by atoms with E-state index in [1.807, 2.05) is 0 Å². The Morgan fingerprint density at radius 3 is 2.72 bits per heavy atom. The lowest BCUT2D eigenvalue weighted by Crippen LogP contribution is -2.36. The van der Waals surface area contributed by atoms with Crippen molar-refractivity contribution in [1.82, 2.24) is 10.6 Å². The molecule has 1 heterocycles. The molecule has 1 aliphatic heterocycles. The second-order valence-electron chi connectivity index (χ2n) is 4.43. The van der Waals surface area contributed by atoms with Crippen molar-refractivity contribution in [2.75, 3.05) is 19.3 Å². The highest BCUT2D eigenvalue weighted by Gasteiger charge is 2.22. The molecule has 0 bridgehead atoms. The topological polar surface area (TPSA) is 75.3 Å². The maximum absolute atomic E-state index is 12.1. The maximum atomic E-state index is 12.1. The molecule has 2 rings (SSSR count). The Balaban J connectivity index is 2.24. The molecule has 18 heavy (non-hydrogen) atoms. The van der Waals surface area contributed by atoms with E-state index in [1.165, 1.54) is 12.1 Å². The molecule has 1 aromatic rings. The lowest BCUT2D eigenvalue weighted by molar-refractivity contribution is 0.0936. The molecule has 1 amide bonds. The van der Waals surface area contributed by atoms with E-state index in [0.29, 0.717) is 0 Å². The number of benzene rings is 1. The van der Waals surface area contributed by atoms with Gasteiger partial charge < -0.3 is 10.6 Å². The molecule has 1 atom stereocenters. The number of amides is 1. The third kappa shape index (κ3) is 2.88. The minimum Gasteiger partial charge on any atom is -0.348 e. The van der Waals surface area contributed by atoms with E-state index in [4.69, 9.17) is 0 Å². The van der Waals surface area contributed by atoms with Gasteiger partial charge in [-0.1, -0.05) is 12.1 Å². The van der Waals surface area contributed by atoms with Crippen molar-refractivity contribution >= 4 is 15.7 Å².